The molecule has 0 aliphatic carbocycles. The quantitative estimate of drug-likeness (QED) is 0.731. The van der Waals surface area contributed by atoms with Crippen LogP contribution in [0.15, 0.2) is 22.9 Å². The summed E-state index contributed by atoms with van der Waals surface area (Å²) in [4.78, 5) is 16.6. The van der Waals surface area contributed by atoms with Crippen molar-refractivity contribution in [2.45, 2.75) is 26.4 Å². The van der Waals surface area contributed by atoms with Crippen LogP contribution < -0.4 is 4.90 Å². The van der Waals surface area contributed by atoms with Crippen molar-refractivity contribution in [3.05, 3.63) is 22.9 Å². The van der Waals surface area contributed by atoms with Gasteiger partial charge in [-0.05, 0) is 48.8 Å². The number of piperazine rings is 1. The van der Waals surface area contributed by atoms with E-state index in [1.807, 2.05) is 0 Å². The molecule has 5 nitrogen and oxygen atoms in total. The lowest BCUT2D eigenvalue weighted by Crippen LogP contribution is -2.50. The minimum absolute atomic E-state index is 0.145. The molecule has 2 rings (SSSR count). The highest BCUT2D eigenvalue weighted by atomic mass is 79.9. The first kappa shape index (κ1) is 7.64. The molecule has 20 heavy (non-hydrogen) atoms. The maximum Gasteiger partial charge on any atom is 0.410 e. The second kappa shape index (κ2) is 5.99. The van der Waals surface area contributed by atoms with Crippen LogP contribution in [0.25, 0.3) is 0 Å². The van der Waals surface area contributed by atoms with Gasteiger partial charge in [-0.1, -0.05) is 0 Å². The fraction of sp³-hybridized carbons (Fsp3) is 0.571. The summed E-state index contributed by atoms with van der Waals surface area (Å²) in [5, 5.41) is 0. The van der Waals surface area contributed by atoms with Gasteiger partial charge in [-0.15, -0.1) is 0 Å². The van der Waals surface area contributed by atoms with E-state index in [0.29, 0.717) is 9.50 Å². The zero-order valence-corrected chi connectivity index (χ0v) is 12.9. The molecule has 0 radical (unpaired) electrons. The van der Waals surface area contributed by atoms with Crippen LogP contribution in [0.4, 0.5) is 10.5 Å². The number of halogens is 1. The van der Waals surface area contributed by atoms with Crippen LogP contribution in [-0.2, 0) is 4.74 Å². The molecule has 110 valence electrons. The number of hydrogen-bond donors (Lipinski definition) is 0. The van der Waals surface area contributed by atoms with E-state index in [0.717, 1.165) is 6.20 Å². The molecule has 1 fully saturated rings. The molecule has 0 atom stereocenters. The van der Waals surface area contributed by atoms with Gasteiger partial charge in [-0.2, -0.15) is 0 Å². The van der Waals surface area contributed by atoms with Crippen LogP contribution in [0.5, 0.6) is 0 Å². The Hall–Kier alpha value is -1.30. The molecule has 1 aliphatic heterocycles. The maximum atomic E-state index is 12.6. The van der Waals surface area contributed by atoms with Crippen LogP contribution in [0, 0.1) is 0 Å². The van der Waals surface area contributed by atoms with Crippen LogP contribution in [0.3, 0.4) is 0 Å². The van der Waals surface area contributed by atoms with E-state index in [1.165, 1.54) is 32.9 Å². The molecule has 1 aromatic heterocycles. The maximum absolute atomic E-state index is 12.6. The molecule has 0 saturated carbocycles. The van der Waals surface area contributed by atoms with Crippen LogP contribution >= 0.6 is 15.9 Å². The van der Waals surface area contributed by atoms with Crippen LogP contribution in [0.1, 0.15) is 31.7 Å². The van der Waals surface area contributed by atoms with Gasteiger partial charge in [0, 0.05) is 26.0 Å². The number of carbonyl (C=O) groups is 1. The molecule has 6 heteroatoms. The minimum atomic E-state index is -3.29. The second-order valence-electron chi connectivity index (χ2n) is 4.94. The summed E-state index contributed by atoms with van der Waals surface area (Å²) < 4.78 is 71.4. The summed E-state index contributed by atoms with van der Waals surface area (Å²) in [6.45, 7) is -8.51. The summed E-state index contributed by atoms with van der Waals surface area (Å²) >= 11 is 3.09. The largest absolute Gasteiger partial charge is 0.444 e. The van der Waals surface area contributed by atoms with Crippen molar-refractivity contribution in [1.29, 1.82) is 0 Å². The number of amides is 1. The monoisotopic (exact) mass is 349 g/mol. The Balaban J connectivity index is 2.68. The highest BCUT2D eigenvalue weighted by Gasteiger charge is 2.25. The lowest BCUT2D eigenvalue weighted by molar-refractivity contribution is 0.0240. The number of ether oxygens (including phenoxy) is 1. The number of hydrogen-bond acceptors (Lipinski definition) is 4. The summed E-state index contributed by atoms with van der Waals surface area (Å²) in [5.74, 6) is 0. The third-order valence-corrected chi connectivity index (χ3v) is 2.56. The Morgan fingerprint density at radius 1 is 1.35 bits per heavy atom. The van der Waals surface area contributed by atoms with Crippen molar-refractivity contribution in [2.24, 2.45) is 0 Å². The first-order chi connectivity index (χ1) is 12.4. The molecule has 0 aromatic carbocycles. The van der Waals surface area contributed by atoms with Gasteiger partial charge in [0.15, 0.2) is 0 Å². The van der Waals surface area contributed by atoms with Gasteiger partial charge >= 0.3 is 6.09 Å². The normalized spacial score (nSPS) is 32.2. The van der Waals surface area contributed by atoms with E-state index in [-0.39, 0.29) is 10.6 Å². The number of pyridine rings is 1. The summed E-state index contributed by atoms with van der Waals surface area (Å²) in [5.41, 5.74) is -1.33. The van der Waals surface area contributed by atoms with Crippen molar-refractivity contribution < 1.29 is 20.5 Å². The molecule has 0 bridgehead atoms. The number of aromatic nitrogens is 1. The molecule has 2 heterocycles. The molecule has 1 amide bonds. The van der Waals surface area contributed by atoms with Gasteiger partial charge in [0.1, 0.15) is 10.2 Å². The lowest BCUT2D eigenvalue weighted by Gasteiger charge is -2.36. The van der Waals surface area contributed by atoms with E-state index in [2.05, 4.69) is 20.9 Å². The molecule has 1 aromatic rings. The fourth-order valence-electron chi connectivity index (χ4n) is 1.28. The smallest absolute Gasteiger partial charge is 0.410 e. The second-order valence-corrected chi connectivity index (χ2v) is 5.75. The van der Waals surface area contributed by atoms with Crippen molar-refractivity contribution in [2.75, 3.05) is 30.9 Å². The molecule has 0 N–H and O–H groups in total. The zero-order valence-electron chi connectivity index (χ0n) is 19.3. The van der Waals surface area contributed by atoms with Crippen LogP contribution in [-0.4, -0.2) is 47.6 Å². The Morgan fingerprint density at radius 2 is 2.00 bits per heavy atom. The molecular weight excluding hydrogens is 322 g/mol. The van der Waals surface area contributed by atoms with Crippen molar-refractivity contribution >= 4 is 27.7 Å². The summed E-state index contributed by atoms with van der Waals surface area (Å²) in [6.07, 6.45) is -0.432. The molecule has 0 spiro atoms. The van der Waals surface area contributed by atoms with E-state index < -0.39 is 37.7 Å². The average Bonchev–Trinajstić information content (AvgIpc) is 2.45. The third-order valence-electron chi connectivity index (χ3n) is 2.09. The number of carbonyl (C=O) groups excluding carboxylic acids is 1. The highest BCUT2D eigenvalue weighted by molar-refractivity contribution is 9.10. The summed E-state index contributed by atoms with van der Waals surface area (Å²) in [6, 6.07) is 2.65. The minimum Gasteiger partial charge on any atom is -0.444 e. The van der Waals surface area contributed by atoms with E-state index in [4.69, 9.17) is 15.7 Å². The zero-order chi connectivity index (χ0) is 21.9. The molecule has 0 unspecified atom stereocenters. The Kier molecular flexibility index (Phi) is 2.29. The summed E-state index contributed by atoms with van der Waals surface area (Å²) in [7, 11) is 0. The van der Waals surface area contributed by atoms with E-state index in [9.17, 15) is 4.79 Å². The molecule has 1 aliphatic rings. The van der Waals surface area contributed by atoms with Gasteiger partial charge < -0.3 is 14.5 Å². The fourth-order valence-corrected chi connectivity index (χ4v) is 1.52. The Morgan fingerprint density at radius 3 is 2.50 bits per heavy atom. The van der Waals surface area contributed by atoms with E-state index in [1.54, 1.807) is 0 Å². The van der Waals surface area contributed by atoms with Gasteiger partial charge in [-0.25, -0.2) is 9.78 Å². The molecule has 1 saturated heterocycles. The predicted molar refractivity (Wildman–Crippen MR) is 82.0 cm³/mol. The topological polar surface area (TPSA) is 45.7 Å². The van der Waals surface area contributed by atoms with Gasteiger partial charge in [0.25, 0.3) is 0 Å². The van der Waals surface area contributed by atoms with Gasteiger partial charge in [0.2, 0.25) is 0 Å². The highest BCUT2D eigenvalue weighted by Crippen LogP contribution is 2.18. The standard InChI is InChI=1S/C14H20BrN3O2/c1-14(2,3)20-13(19)18-8-6-17(7-9-18)11-4-5-12(15)16-10-11/h4-5,10H,6-9H2,1-3H3/i6D2,7D2,8D2,9D2. The molecular formula is C14H20BrN3O2. The number of nitrogens with zero attached hydrogens (tertiary/aromatic N) is 3. The Bertz CT molecular complexity index is 739. The van der Waals surface area contributed by atoms with Crippen molar-refractivity contribution in [3.8, 4) is 0 Å². The number of anilines is 1. The van der Waals surface area contributed by atoms with Crippen molar-refractivity contribution in [3.63, 3.8) is 0 Å². The lowest BCUT2D eigenvalue weighted by atomic mass is 10.2. The van der Waals surface area contributed by atoms with Gasteiger partial charge in [-0.3, -0.25) is 0 Å². The van der Waals surface area contributed by atoms with Gasteiger partial charge in [0.05, 0.1) is 22.9 Å². The SMILES string of the molecule is [2H]C1([2H])N(C(=O)OC(C)(C)C)C([2H])([2H])C([2H])([2H])N(c2ccc(Br)nc2)C1([2H])[2H]. The third kappa shape index (κ3) is 4.10. The average molecular weight is 350 g/mol. The predicted octanol–water partition coefficient (Wildman–Crippen LogP) is 2.90. The first-order valence-corrected chi connectivity index (χ1v) is 6.62. The first-order valence-electron chi connectivity index (χ1n) is 9.82. The number of rotatable bonds is 1. The van der Waals surface area contributed by atoms with E-state index >= 15 is 0 Å². The van der Waals surface area contributed by atoms with Crippen LogP contribution in [0.2, 0.25) is 0 Å². The Labute approximate surface area is 139 Å². The van der Waals surface area contributed by atoms with Crippen molar-refractivity contribution in [1.82, 2.24) is 9.88 Å².